The van der Waals surface area contributed by atoms with Gasteiger partial charge in [-0.2, -0.15) is 5.10 Å². The molecule has 0 bridgehead atoms. The summed E-state index contributed by atoms with van der Waals surface area (Å²) in [5, 5.41) is 7.92. The van der Waals surface area contributed by atoms with Crippen LogP contribution in [0.25, 0.3) is 5.69 Å². The molecule has 40 heavy (non-hydrogen) atoms. The van der Waals surface area contributed by atoms with Crippen LogP contribution >= 0.6 is 22.9 Å². The van der Waals surface area contributed by atoms with Gasteiger partial charge in [0.2, 0.25) is 5.78 Å². The van der Waals surface area contributed by atoms with E-state index in [0.717, 1.165) is 24.5 Å². The minimum atomic E-state index is -0.343. The van der Waals surface area contributed by atoms with E-state index in [9.17, 15) is 9.59 Å². The highest BCUT2D eigenvalue weighted by atomic mass is 35.5. The van der Waals surface area contributed by atoms with Gasteiger partial charge in [0.25, 0.3) is 5.56 Å². The average Bonchev–Trinajstić information content (AvgIpc) is 3.61. The van der Waals surface area contributed by atoms with Gasteiger partial charge in [-0.25, -0.2) is 4.68 Å². The van der Waals surface area contributed by atoms with E-state index in [4.69, 9.17) is 25.8 Å². The third-order valence-electron chi connectivity index (χ3n) is 6.66. The molecule has 0 radical (unpaired) electrons. The van der Waals surface area contributed by atoms with Crippen LogP contribution in [0, 0.1) is 0 Å². The first kappa shape index (κ1) is 27.9. The van der Waals surface area contributed by atoms with Crippen LogP contribution in [0.3, 0.4) is 0 Å². The van der Waals surface area contributed by atoms with Crippen molar-refractivity contribution in [2.75, 3.05) is 52.4 Å². The van der Waals surface area contributed by atoms with Crippen molar-refractivity contribution in [3.63, 3.8) is 0 Å². The van der Waals surface area contributed by atoms with Gasteiger partial charge in [-0.1, -0.05) is 11.6 Å². The molecule has 4 heterocycles. The van der Waals surface area contributed by atoms with Gasteiger partial charge in [0, 0.05) is 49.4 Å². The predicted molar refractivity (Wildman–Crippen MR) is 155 cm³/mol. The number of ketones is 1. The van der Waals surface area contributed by atoms with Crippen LogP contribution in [-0.4, -0.2) is 72.1 Å². The van der Waals surface area contributed by atoms with Crippen molar-refractivity contribution in [2.45, 2.75) is 13.1 Å². The average molecular weight is 584 g/mol. The molecule has 1 aliphatic heterocycles. The Morgan fingerprint density at radius 3 is 2.65 bits per heavy atom. The molecule has 0 spiro atoms. The Hall–Kier alpha value is -3.64. The molecule has 0 saturated carbocycles. The third kappa shape index (κ3) is 6.23. The molecular weight excluding hydrogens is 554 g/mol. The summed E-state index contributed by atoms with van der Waals surface area (Å²) >= 11 is 7.56. The highest BCUT2D eigenvalue weighted by molar-refractivity contribution is 7.16. The quantitative estimate of drug-likeness (QED) is 0.265. The number of thiophene rings is 1. The fourth-order valence-electron chi connectivity index (χ4n) is 4.49. The SMILES string of the molecule is COc1ccc(C(=O)c2cc(NCc3ccc(Cl)s3)n(-c3cccn(CCN4CCOCC4)c3=O)n2)c(OC)c1. The number of hydrogen-bond acceptors (Lipinski definition) is 9. The molecule has 10 nitrogen and oxygen atoms in total. The lowest BCUT2D eigenvalue weighted by atomic mass is 10.1. The lowest BCUT2D eigenvalue weighted by molar-refractivity contribution is 0.0363. The highest BCUT2D eigenvalue weighted by Gasteiger charge is 2.22. The number of aromatic nitrogens is 3. The number of nitrogens with zero attached hydrogens (tertiary/aromatic N) is 4. The summed E-state index contributed by atoms with van der Waals surface area (Å²) in [4.78, 5) is 30.5. The maximum Gasteiger partial charge on any atom is 0.276 e. The van der Waals surface area contributed by atoms with Gasteiger partial charge >= 0.3 is 0 Å². The van der Waals surface area contributed by atoms with Gasteiger partial charge < -0.3 is 24.1 Å². The van der Waals surface area contributed by atoms with E-state index >= 15 is 0 Å². The molecule has 0 atom stereocenters. The third-order valence-corrected chi connectivity index (χ3v) is 7.89. The van der Waals surface area contributed by atoms with E-state index in [1.54, 1.807) is 48.2 Å². The number of methoxy groups -OCH3 is 2. The van der Waals surface area contributed by atoms with Crippen molar-refractivity contribution in [3.05, 3.63) is 85.6 Å². The molecule has 0 unspecified atom stereocenters. The van der Waals surface area contributed by atoms with E-state index < -0.39 is 0 Å². The van der Waals surface area contributed by atoms with Crippen molar-refractivity contribution in [1.29, 1.82) is 0 Å². The molecule has 0 aliphatic carbocycles. The Morgan fingerprint density at radius 2 is 1.93 bits per heavy atom. The minimum absolute atomic E-state index is 0.165. The zero-order valence-corrected chi connectivity index (χ0v) is 23.8. The van der Waals surface area contributed by atoms with Crippen molar-refractivity contribution < 1.29 is 19.0 Å². The Labute approximate surface area is 240 Å². The van der Waals surface area contributed by atoms with Gasteiger partial charge in [0.05, 0.1) is 43.9 Å². The summed E-state index contributed by atoms with van der Waals surface area (Å²) in [6.45, 7) is 4.78. The first-order valence-electron chi connectivity index (χ1n) is 12.8. The monoisotopic (exact) mass is 583 g/mol. The fraction of sp³-hybridized carbons (Fsp3) is 0.321. The van der Waals surface area contributed by atoms with Gasteiger partial charge in [0.1, 0.15) is 28.7 Å². The zero-order chi connectivity index (χ0) is 28.1. The second-order valence-corrected chi connectivity index (χ2v) is 10.9. The Kier molecular flexibility index (Phi) is 8.85. The van der Waals surface area contributed by atoms with Crippen LogP contribution in [0.15, 0.2) is 59.5 Å². The second-order valence-electron chi connectivity index (χ2n) is 9.13. The minimum Gasteiger partial charge on any atom is -0.497 e. The molecule has 3 aromatic heterocycles. The Morgan fingerprint density at radius 1 is 1.10 bits per heavy atom. The number of rotatable bonds is 11. The van der Waals surface area contributed by atoms with Gasteiger partial charge in [-0.05, 0) is 36.4 Å². The largest absolute Gasteiger partial charge is 0.497 e. The number of ether oxygens (including phenoxy) is 3. The Bertz CT molecular complexity index is 1540. The number of pyridine rings is 1. The Balaban J connectivity index is 1.48. The predicted octanol–water partition coefficient (Wildman–Crippen LogP) is 3.94. The van der Waals surface area contributed by atoms with Crippen LogP contribution in [0.1, 0.15) is 20.9 Å². The van der Waals surface area contributed by atoms with Gasteiger partial charge in [0.15, 0.2) is 0 Å². The summed E-state index contributed by atoms with van der Waals surface area (Å²) in [5.41, 5.74) is 0.623. The maximum absolute atomic E-state index is 13.6. The van der Waals surface area contributed by atoms with Crippen LogP contribution in [-0.2, 0) is 17.8 Å². The highest BCUT2D eigenvalue weighted by Crippen LogP contribution is 2.28. The zero-order valence-electron chi connectivity index (χ0n) is 22.3. The van der Waals surface area contributed by atoms with Crippen LogP contribution in [0.5, 0.6) is 11.5 Å². The molecule has 1 saturated heterocycles. The van der Waals surface area contributed by atoms with E-state index in [2.05, 4.69) is 15.3 Å². The van der Waals surface area contributed by atoms with Crippen molar-refractivity contribution >= 4 is 34.5 Å². The molecule has 210 valence electrons. The number of anilines is 1. The number of hydrogen-bond donors (Lipinski definition) is 1. The number of benzene rings is 1. The summed E-state index contributed by atoms with van der Waals surface area (Å²) < 4.78 is 20.0. The summed E-state index contributed by atoms with van der Waals surface area (Å²) in [6, 6.07) is 13.9. The van der Waals surface area contributed by atoms with E-state index in [0.29, 0.717) is 59.2 Å². The van der Waals surface area contributed by atoms with Crippen LogP contribution in [0.2, 0.25) is 4.34 Å². The van der Waals surface area contributed by atoms with Crippen LogP contribution < -0.4 is 20.3 Å². The molecule has 1 N–H and O–H groups in total. The number of carbonyl (C=O) groups excluding carboxylic acids is 1. The maximum atomic E-state index is 13.6. The van der Waals surface area contributed by atoms with E-state index in [-0.39, 0.29) is 17.0 Å². The first-order valence-corrected chi connectivity index (χ1v) is 14.0. The molecule has 1 fully saturated rings. The number of carbonyl (C=O) groups is 1. The standard InChI is InChI=1S/C28H30ClN5O5S/c1-37-19-5-7-21(24(16-19)38-2)27(35)22-17-26(30-18-20-6-8-25(29)40-20)34(31-22)23-4-3-9-33(28(23)36)11-10-32-12-14-39-15-13-32/h3-9,16-17,30H,10-15,18H2,1-2H3. The normalized spacial score (nSPS) is 13.8. The molecule has 1 aliphatic rings. The number of nitrogens with one attached hydrogen (secondary N) is 1. The smallest absolute Gasteiger partial charge is 0.276 e. The lowest BCUT2D eigenvalue weighted by Gasteiger charge is -2.26. The molecule has 12 heteroatoms. The molecule has 5 rings (SSSR count). The van der Waals surface area contributed by atoms with Crippen LogP contribution in [0.4, 0.5) is 5.82 Å². The van der Waals surface area contributed by atoms with Gasteiger partial charge in [-0.3, -0.25) is 14.5 Å². The second kappa shape index (κ2) is 12.7. The summed E-state index contributed by atoms with van der Waals surface area (Å²) in [7, 11) is 3.04. The van der Waals surface area contributed by atoms with E-state index in [1.165, 1.54) is 23.1 Å². The molecular formula is C28H30ClN5O5S. The fourth-order valence-corrected chi connectivity index (χ4v) is 5.51. The molecule has 0 amide bonds. The number of halogens is 1. The lowest BCUT2D eigenvalue weighted by Crippen LogP contribution is -2.39. The van der Waals surface area contributed by atoms with Crippen molar-refractivity contribution in [1.82, 2.24) is 19.2 Å². The topological polar surface area (TPSA) is 99.8 Å². The van der Waals surface area contributed by atoms with Crippen molar-refractivity contribution in [2.24, 2.45) is 0 Å². The van der Waals surface area contributed by atoms with Crippen molar-refractivity contribution in [3.8, 4) is 17.2 Å². The van der Waals surface area contributed by atoms with E-state index in [1.807, 2.05) is 18.2 Å². The summed E-state index contributed by atoms with van der Waals surface area (Å²) in [5.74, 6) is 1.09. The first-order chi connectivity index (χ1) is 19.5. The summed E-state index contributed by atoms with van der Waals surface area (Å²) in [6.07, 6.45) is 1.77. The van der Waals surface area contributed by atoms with Gasteiger partial charge in [-0.15, -0.1) is 11.3 Å². The molecule has 4 aromatic rings. The number of morpholine rings is 1. The molecule has 1 aromatic carbocycles.